The number of ether oxygens (including phenoxy) is 6. The number of thiazole rings is 1. The molecule has 15 heteroatoms. The van der Waals surface area contributed by atoms with E-state index in [1.54, 1.807) is 60.7 Å². The second kappa shape index (κ2) is 27.7. The molecule has 0 saturated heterocycles. The van der Waals surface area contributed by atoms with Gasteiger partial charge < -0.3 is 33.3 Å². The number of aromatic nitrogens is 1. The van der Waals surface area contributed by atoms with Crippen LogP contribution in [0.3, 0.4) is 0 Å². The average molecular weight is 1110 g/mol. The molecule has 0 unspecified atom stereocenters. The van der Waals surface area contributed by atoms with Crippen molar-refractivity contribution in [3.63, 3.8) is 0 Å². The van der Waals surface area contributed by atoms with Gasteiger partial charge in [-0.05, 0) is 199 Å². The minimum atomic E-state index is -0.475. The third-order valence-electron chi connectivity index (χ3n) is 17.0. The van der Waals surface area contributed by atoms with E-state index in [1.165, 1.54) is 49.9 Å². The van der Waals surface area contributed by atoms with Crippen LogP contribution in [0.1, 0.15) is 176 Å². The number of nitrogens with zero attached hydrogens (tertiary/aromatic N) is 2. The Labute approximate surface area is 474 Å². The highest BCUT2D eigenvalue weighted by atomic mass is 32.1. The molecule has 0 aliphatic heterocycles. The first-order valence-corrected chi connectivity index (χ1v) is 30.3. The van der Waals surface area contributed by atoms with Crippen LogP contribution in [0.15, 0.2) is 84.9 Å². The summed E-state index contributed by atoms with van der Waals surface area (Å²) in [6, 6.07) is 24.2. The van der Waals surface area contributed by atoms with Crippen molar-refractivity contribution in [3.05, 3.63) is 96.1 Å². The van der Waals surface area contributed by atoms with Gasteiger partial charge in [0.1, 0.15) is 38.9 Å². The minimum absolute atomic E-state index is 0.0961. The summed E-state index contributed by atoms with van der Waals surface area (Å²) in [4.78, 5) is 86.9. The van der Waals surface area contributed by atoms with Gasteiger partial charge in [-0.2, -0.15) is 0 Å². The van der Waals surface area contributed by atoms with E-state index in [2.05, 4.69) is 13.8 Å². The summed E-state index contributed by atoms with van der Waals surface area (Å²) in [6.45, 7) is 4.41. The van der Waals surface area contributed by atoms with Crippen molar-refractivity contribution in [2.75, 3.05) is 19.0 Å². The maximum Gasteiger partial charge on any atom is 0.338 e. The van der Waals surface area contributed by atoms with E-state index in [0.717, 1.165) is 62.6 Å². The molecule has 4 saturated carbocycles. The fourth-order valence-electron chi connectivity index (χ4n) is 11.9. The van der Waals surface area contributed by atoms with Gasteiger partial charge in [-0.15, -0.1) is 11.3 Å². The molecule has 1 aromatic heterocycles. The number of carbonyl (C=O) groups is 6. The molecule has 426 valence electrons. The molecular formula is C65H78N2O12S. The average Bonchev–Trinajstić information content (AvgIpc) is 4.00. The van der Waals surface area contributed by atoms with E-state index in [0.29, 0.717) is 107 Å². The molecule has 4 aromatic carbocycles. The zero-order valence-electron chi connectivity index (χ0n) is 47.0. The van der Waals surface area contributed by atoms with Crippen LogP contribution in [-0.2, 0) is 28.7 Å². The largest absolute Gasteiger partial charge is 0.459 e. The number of rotatable bonds is 20. The summed E-state index contributed by atoms with van der Waals surface area (Å²) in [7, 11) is 3.93. The smallest absolute Gasteiger partial charge is 0.338 e. The van der Waals surface area contributed by atoms with Crippen LogP contribution >= 0.6 is 11.3 Å². The predicted molar refractivity (Wildman–Crippen MR) is 307 cm³/mol. The molecule has 0 bridgehead atoms. The molecule has 0 atom stereocenters. The van der Waals surface area contributed by atoms with Crippen molar-refractivity contribution in [2.45, 2.75) is 167 Å². The topological polar surface area (TPSA) is 174 Å². The van der Waals surface area contributed by atoms with Crippen molar-refractivity contribution < 1.29 is 57.2 Å². The maximum atomic E-state index is 13.9. The van der Waals surface area contributed by atoms with Gasteiger partial charge >= 0.3 is 35.8 Å². The van der Waals surface area contributed by atoms with Crippen LogP contribution in [0.25, 0.3) is 20.8 Å². The monoisotopic (exact) mass is 1110 g/mol. The van der Waals surface area contributed by atoms with E-state index >= 15 is 0 Å². The second-order valence-corrected chi connectivity index (χ2v) is 23.9. The van der Waals surface area contributed by atoms with Crippen LogP contribution < -0.4 is 23.8 Å². The van der Waals surface area contributed by atoms with Gasteiger partial charge in [0.2, 0.25) is 0 Å². The first-order chi connectivity index (χ1) is 38.8. The van der Waals surface area contributed by atoms with Gasteiger partial charge in [0.05, 0.1) is 34.8 Å². The van der Waals surface area contributed by atoms with Crippen molar-refractivity contribution in [3.8, 4) is 33.6 Å². The van der Waals surface area contributed by atoms with Gasteiger partial charge in [-0.3, -0.25) is 19.2 Å². The maximum absolute atomic E-state index is 13.9. The highest BCUT2D eigenvalue weighted by Crippen LogP contribution is 2.43. The standard InChI is InChI=1S/C65H78N2O12S/c1-5-7-9-41-11-15-44(16-12-41)60(68)74-51-31-21-46(22-32-51)62(70)76-53-35-25-48(26-36-53)64(72)78-55-39-40-56(58-57(55)66-59(80-58)43-19-29-50(30-20-43)67(3)4)79-65(73)49-27-37-54(38-28-49)77-63(71)47-23-33-52(34-24-47)75-61(69)45-17-13-42(14-18-45)10-8-6-2/h19-24,29-34,39-42,44-45,48-49,53-54H,5-18,25-28,35-38H2,1-4H3/t41-,42?,44-,45?,48-,49-,53-,54-. The number of carbonyl (C=O) groups excluding carboxylic acids is 6. The van der Waals surface area contributed by atoms with Gasteiger partial charge in [-0.1, -0.05) is 52.4 Å². The Bertz CT molecular complexity index is 2730. The summed E-state index contributed by atoms with van der Waals surface area (Å²) in [5.74, 6) is -0.477. The molecule has 0 spiro atoms. The Morgan fingerprint density at radius 1 is 0.475 bits per heavy atom. The molecule has 0 amide bonds. The summed E-state index contributed by atoms with van der Waals surface area (Å²) in [5.41, 5.74) is 2.98. The van der Waals surface area contributed by atoms with E-state index in [9.17, 15) is 28.8 Å². The van der Waals surface area contributed by atoms with E-state index in [4.69, 9.17) is 33.4 Å². The SMILES string of the molecule is CCCCC1CCC(C(=O)Oc2ccc(C(=O)O[C@H]3CC[C@H](C(=O)Oc4ccc(OC(=O)[C@H]5CC[C@H](OC(=O)c6ccc(OC(=O)[C@H]7CC[C@H](CCCC)CC7)cc6)CC5)c5nc(-c6ccc(N(C)C)cc6)sc45)CC3)cc2)CC1. The van der Waals surface area contributed by atoms with Crippen LogP contribution in [0.5, 0.6) is 23.0 Å². The molecule has 4 aliphatic rings. The zero-order chi connectivity index (χ0) is 56.1. The highest BCUT2D eigenvalue weighted by Gasteiger charge is 2.34. The van der Waals surface area contributed by atoms with Gasteiger partial charge in [-0.25, -0.2) is 14.6 Å². The second-order valence-electron chi connectivity index (χ2n) is 22.9. The molecule has 4 fully saturated rings. The molecule has 14 nitrogen and oxygen atoms in total. The number of fused-ring (bicyclic) bond motifs is 1. The zero-order valence-corrected chi connectivity index (χ0v) is 47.8. The van der Waals surface area contributed by atoms with Gasteiger partial charge in [0.25, 0.3) is 0 Å². The van der Waals surface area contributed by atoms with E-state index in [1.807, 2.05) is 43.3 Å². The molecule has 0 radical (unpaired) electrons. The van der Waals surface area contributed by atoms with Crippen molar-refractivity contribution in [1.29, 1.82) is 0 Å². The number of benzene rings is 4. The number of hydrogen-bond acceptors (Lipinski definition) is 15. The summed E-state index contributed by atoms with van der Waals surface area (Å²) in [6.07, 6.45) is 18.0. The van der Waals surface area contributed by atoms with Crippen molar-refractivity contribution >= 4 is 63.1 Å². The Morgan fingerprint density at radius 3 is 1.27 bits per heavy atom. The summed E-state index contributed by atoms with van der Waals surface area (Å²) < 4.78 is 36.0. The fourth-order valence-corrected chi connectivity index (χ4v) is 12.9. The van der Waals surface area contributed by atoms with Gasteiger partial charge in [0, 0.05) is 25.3 Å². The lowest BCUT2D eigenvalue weighted by Crippen LogP contribution is -2.30. The van der Waals surface area contributed by atoms with Crippen LogP contribution in [-0.4, -0.2) is 67.1 Å². The first-order valence-electron chi connectivity index (χ1n) is 29.5. The molecule has 1 heterocycles. The van der Waals surface area contributed by atoms with Crippen LogP contribution in [0.4, 0.5) is 5.69 Å². The molecule has 4 aliphatic carbocycles. The van der Waals surface area contributed by atoms with E-state index < -0.39 is 35.7 Å². The number of hydrogen-bond donors (Lipinski definition) is 0. The first kappa shape index (κ1) is 58.1. The lowest BCUT2D eigenvalue weighted by Gasteiger charge is -2.27. The normalized spacial score (nSPS) is 23.1. The predicted octanol–water partition coefficient (Wildman–Crippen LogP) is 14.5. The Kier molecular flexibility index (Phi) is 20.1. The Hall–Kier alpha value is -6.61. The lowest BCUT2D eigenvalue weighted by atomic mass is 9.80. The third kappa shape index (κ3) is 15.2. The van der Waals surface area contributed by atoms with E-state index in [-0.39, 0.29) is 41.7 Å². The Morgan fingerprint density at radius 2 is 0.863 bits per heavy atom. The highest BCUT2D eigenvalue weighted by molar-refractivity contribution is 7.22. The molecule has 80 heavy (non-hydrogen) atoms. The molecule has 5 aromatic rings. The van der Waals surface area contributed by atoms with Crippen molar-refractivity contribution in [1.82, 2.24) is 4.98 Å². The van der Waals surface area contributed by atoms with Crippen LogP contribution in [0.2, 0.25) is 0 Å². The van der Waals surface area contributed by atoms with Crippen molar-refractivity contribution in [2.24, 2.45) is 35.5 Å². The lowest BCUT2D eigenvalue weighted by molar-refractivity contribution is -0.141. The summed E-state index contributed by atoms with van der Waals surface area (Å²) in [5, 5.41) is 0.660. The molecular weight excluding hydrogens is 1030 g/mol. The molecule has 0 N–H and O–H groups in total. The fraction of sp³-hybridized carbons (Fsp3) is 0.523. The minimum Gasteiger partial charge on any atom is -0.459 e. The Balaban J connectivity index is 0.757. The number of anilines is 1. The third-order valence-corrected chi connectivity index (χ3v) is 18.1. The number of esters is 6. The van der Waals surface area contributed by atoms with Crippen LogP contribution in [0, 0.1) is 35.5 Å². The van der Waals surface area contributed by atoms with Gasteiger partial charge in [0.15, 0.2) is 11.5 Å². The molecule has 9 rings (SSSR count). The number of unbranched alkanes of at least 4 members (excludes halogenated alkanes) is 2. The quantitative estimate of drug-likeness (QED) is 0.0532. The summed E-state index contributed by atoms with van der Waals surface area (Å²) >= 11 is 1.34.